The van der Waals surface area contributed by atoms with Gasteiger partial charge in [-0.3, -0.25) is 0 Å². The van der Waals surface area contributed by atoms with Crippen molar-refractivity contribution in [2.24, 2.45) is 0 Å². The summed E-state index contributed by atoms with van der Waals surface area (Å²) in [6, 6.07) is 7.19. The molecule has 1 amide bonds. The van der Waals surface area contributed by atoms with Crippen molar-refractivity contribution >= 4 is 6.09 Å². The molecule has 6 nitrogen and oxygen atoms in total. The Kier molecular flexibility index (Phi) is 4.45. The van der Waals surface area contributed by atoms with E-state index in [1.54, 1.807) is 18.2 Å². The minimum absolute atomic E-state index is 0.0695. The van der Waals surface area contributed by atoms with Crippen molar-refractivity contribution < 1.29 is 19.0 Å². The fraction of sp³-hybridized carbons (Fsp3) is 0.385. The predicted octanol–water partition coefficient (Wildman–Crippen LogP) is 1.60. The molecule has 1 aliphatic rings. The van der Waals surface area contributed by atoms with Gasteiger partial charge in [0.2, 0.25) is 0 Å². The van der Waals surface area contributed by atoms with E-state index in [1.807, 2.05) is 6.07 Å². The van der Waals surface area contributed by atoms with Crippen LogP contribution in [0.5, 0.6) is 11.5 Å². The topological polar surface area (TPSA) is 80.6 Å². The molecule has 2 rings (SSSR count). The molecule has 100 valence electrons. The van der Waals surface area contributed by atoms with Crippen molar-refractivity contribution in [3.05, 3.63) is 23.8 Å². The van der Waals surface area contributed by atoms with Gasteiger partial charge in [-0.2, -0.15) is 5.26 Å². The van der Waals surface area contributed by atoms with Crippen LogP contribution in [0.4, 0.5) is 4.79 Å². The predicted molar refractivity (Wildman–Crippen MR) is 65.8 cm³/mol. The summed E-state index contributed by atoms with van der Waals surface area (Å²) in [4.78, 5) is 11.2. The van der Waals surface area contributed by atoms with E-state index >= 15 is 0 Å². The Morgan fingerprint density at radius 1 is 1.37 bits per heavy atom. The van der Waals surface area contributed by atoms with Crippen LogP contribution in [-0.4, -0.2) is 25.9 Å². The summed E-state index contributed by atoms with van der Waals surface area (Å²) in [7, 11) is 0. The number of amides is 1. The molecule has 0 bridgehead atoms. The molecule has 1 aromatic carbocycles. The van der Waals surface area contributed by atoms with E-state index in [-0.39, 0.29) is 13.2 Å². The number of hydrogen-bond donors (Lipinski definition) is 1. The molecule has 0 saturated carbocycles. The van der Waals surface area contributed by atoms with Gasteiger partial charge in [-0.05, 0) is 17.7 Å². The van der Waals surface area contributed by atoms with Gasteiger partial charge >= 0.3 is 6.09 Å². The van der Waals surface area contributed by atoms with Crippen LogP contribution in [-0.2, 0) is 11.3 Å². The third kappa shape index (κ3) is 3.78. The SMILES string of the molecule is N#CCNC(=O)OCc1ccc2c(c1)OCCCO2. The standard InChI is InChI=1S/C13H14N2O4/c14-4-5-15-13(16)19-9-10-2-3-11-12(8-10)18-7-1-6-17-11/h2-3,8H,1,5-7,9H2,(H,15,16). The van der Waals surface area contributed by atoms with E-state index < -0.39 is 6.09 Å². The quantitative estimate of drug-likeness (QED) is 0.837. The number of fused-ring (bicyclic) bond motifs is 1. The number of benzene rings is 1. The summed E-state index contributed by atoms with van der Waals surface area (Å²) in [5.74, 6) is 1.37. The summed E-state index contributed by atoms with van der Waals surface area (Å²) < 4.78 is 16.0. The third-order valence-electron chi connectivity index (χ3n) is 2.49. The van der Waals surface area contributed by atoms with Crippen LogP contribution in [0.1, 0.15) is 12.0 Å². The first-order chi connectivity index (χ1) is 9.29. The molecule has 0 unspecified atom stereocenters. The molecular formula is C13H14N2O4. The number of rotatable bonds is 3. The largest absolute Gasteiger partial charge is 0.490 e. The van der Waals surface area contributed by atoms with E-state index in [0.717, 1.165) is 12.0 Å². The number of nitrogens with one attached hydrogen (secondary N) is 1. The van der Waals surface area contributed by atoms with Crippen molar-refractivity contribution in [1.82, 2.24) is 5.32 Å². The Hall–Kier alpha value is -2.42. The molecule has 1 aliphatic heterocycles. The van der Waals surface area contributed by atoms with E-state index in [1.165, 1.54) is 0 Å². The number of carbonyl (C=O) groups excluding carboxylic acids is 1. The molecule has 0 fully saturated rings. The maximum absolute atomic E-state index is 11.2. The smallest absolute Gasteiger partial charge is 0.408 e. The van der Waals surface area contributed by atoms with Crippen molar-refractivity contribution in [3.63, 3.8) is 0 Å². The zero-order valence-electron chi connectivity index (χ0n) is 10.3. The fourth-order valence-corrected chi connectivity index (χ4v) is 1.61. The van der Waals surface area contributed by atoms with Gasteiger partial charge in [-0.25, -0.2) is 4.79 Å². The minimum atomic E-state index is -0.617. The molecule has 0 aliphatic carbocycles. The molecule has 6 heteroatoms. The summed E-state index contributed by atoms with van der Waals surface area (Å²) in [5, 5.41) is 10.6. The zero-order chi connectivity index (χ0) is 13.5. The second-order valence-electron chi connectivity index (χ2n) is 3.92. The maximum Gasteiger partial charge on any atom is 0.408 e. The molecule has 0 spiro atoms. The molecule has 1 heterocycles. The lowest BCUT2D eigenvalue weighted by Gasteiger charge is -2.09. The number of nitrogens with zero attached hydrogens (tertiary/aromatic N) is 1. The van der Waals surface area contributed by atoms with Crippen LogP contribution in [0, 0.1) is 11.3 Å². The van der Waals surface area contributed by atoms with Crippen LogP contribution in [0.15, 0.2) is 18.2 Å². The van der Waals surface area contributed by atoms with E-state index in [2.05, 4.69) is 5.32 Å². The van der Waals surface area contributed by atoms with Gasteiger partial charge in [0.1, 0.15) is 13.2 Å². The lowest BCUT2D eigenvalue weighted by Crippen LogP contribution is -2.24. The average molecular weight is 262 g/mol. The second-order valence-corrected chi connectivity index (χ2v) is 3.92. The maximum atomic E-state index is 11.2. The van der Waals surface area contributed by atoms with Crippen LogP contribution >= 0.6 is 0 Å². The summed E-state index contributed by atoms with van der Waals surface area (Å²) in [5.41, 5.74) is 0.802. The highest BCUT2D eigenvalue weighted by Gasteiger charge is 2.11. The van der Waals surface area contributed by atoms with Gasteiger partial charge in [0, 0.05) is 6.42 Å². The van der Waals surface area contributed by atoms with E-state index in [4.69, 9.17) is 19.5 Å². The van der Waals surface area contributed by atoms with Gasteiger partial charge in [-0.1, -0.05) is 6.07 Å². The summed E-state index contributed by atoms with van der Waals surface area (Å²) >= 11 is 0. The zero-order valence-corrected chi connectivity index (χ0v) is 10.3. The second kappa shape index (κ2) is 6.50. The average Bonchev–Trinajstić information content (AvgIpc) is 2.67. The van der Waals surface area contributed by atoms with Crippen LogP contribution in [0.25, 0.3) is 0 Å². The van der Waals surface area contributed by atoms with E-state index in [9.17, 15) is 4.79 Å². The number of carbonyl (C=O) groups is 1. The third-order valence-corrected chi connectivity index (χ3v) is 2.49. The van der Waals surface area contributed by atoms with Crippen molar-refractivity contribution in [2.45, 2.75) is 13.0 Å². The number of alkyl carbamates (subject to hydrolysis) is 1. The first-order valence-corrected chi connectivity index (χ1v) is 5.95. The molecule has 1 N–H and O–H groups in total. The Morgan fingerprint density at radius 3 is 2.95 bits per heavy atom. The Balaban J connectivity index is 1.93. The van der Waals surface area contributed by atoms with Gasteiger partial charge in [0.05, 0.1) is 19.3 Å². The molecular weight excluding hydrogens is 248 g/mol. The summed E-state index contributed by atoms with van der Waals surface area (Å²) in [6.45, 7) is 1.30. The van der Waals surface area contributed by atoms with Gasteiger partial charge in [0.25, 0.3) is 0 Å². The monoisotopic (exact) mass is 262 g/mol. The normalized spacial score (nSPS) is 13.0. The molecule has 19 heavy (non-hydrogen) atoms. The van der Waals surface area contributed by atoms with Crippen LogP contribution in [0.3, 0.4) is 0 Å². The fourth-order valence-electron chi connectivity index (χ4n) is 1.61. The van der Waals surface area contributed by atoms with Crippen LogP contribution < -0.4 is 14.8 Å². The van der Waals surface area contributed by atoms with Crippen molar-refractivity contribution in [2.75, 3.05) is 19.8 Å². The van der Waals surface area contributed by atoms with Gasteiger partial charge in [0.15, 0.2) is 11.5 Å². The van der Waals surface area contributed by atoms with Gasteiger partial charge < -0.3 is 19.5 Å². The van der Waals surface area contributed by atoms with Gasteiger partial charge in [-0.15, -0.1) is 0 Å². The highest BCUT2D eigenvalue weighted by molar-refractivity contribution is 5.67. The van der Waals surface area contributed by atoms with Crippen molar-refractivity contribution in [3.8, 4) is 17.6 Å². The Labute approximate surface area is 110 Å². The molecule has 0 saturated heterocycles. The van der Waals surface area contributed by atoms with E-state index in [0.29, 0.717) is 24.7 Å². The number of ether oxygens (including phenoxy) is 3. The molecule has 1 aromatic rings. The Morgan fingerprint density at radius 2 is 2.16 bits per heavy atom. The summed E-state index contributed by atoms with van der Waals surface area (Å²) in [6.07, 6.45) is 0.227. The molecule has 0 atom stereocenters. The highest BCUT2D eigenvalue weighted by atomic mass is 16.5. The minimum Gasteiger partial charge on any atom is -0.490 e. The van der Waals surface area contributed by atoms with Crippen molar-refractivity contribution in [1.29, 1.82) is 5.26 Å². The Bertz CT molecular complexity index is 496. The van der Waals surface area contributed by atoms with Crippen LogP contribution in [0.2, 0.25) is 0 Å². The lowest BCUT2D eigenvalue weighted by atomic mass is 10.2. The molecule has 0 aromatic heterocycles. The number of hydrogen-bond acceptors (Lipinski definition) is 5. The molecule has 0 radical (unpaired) electrons. The lowest BCUT2D eigenvalue weighted by molar-refractivity contribution is 0.140. The highest BCUT2D eigenvalue weighted by Crippen LogP contribution is 2.30. The first kappa shape index (κ1) is 13.0. The number of nitriles is 1. The first-order valence-electron chi connectivity index (χ1n) is 5.95.